The zero-order chi connectivity index (χ0) is 15.8. The molecule has 0 saturated heterocycles. The van der Waals surface area contributed by atoms with E-state index in [-0.39, 0.29) is 5.56 Å². The number of nitrogen functional groups attached to an aromatic ring is 1. The predicted octanol–water partition coefficient (Wildman–Crippen LogP) is 3.17. The highest BCUT2D eigenvalue weighted by molar-refractivity contribution is 6.02. The van der Waals surface area contributed by atoms with Gasteiger partial charge < -0.3 is 15.7 Å². The quantitative estimate of drug-likeness (QED) is 0.497. The molecule has 0 fully saturated rings. The molecule has 2 heterocycles. The molecule has 0 spiro atoms. The second-order valence-electron chi connectivity index (χ2n) is 5.34. The van der Waals surface area contributed by atoms with Crippen molar-refractivity contribution in [1.82, 2.24) is 15.0 Å². The van der Waals surface area contributed by atoms with Crippen LogP contribution in [0.1, 0.15) is 0 Å². The first-order valence-electron chi connectivity index (χ1n) is 7.24. The van der Waals surface area contributed by atoms with Gasteiger partial charge in [-0.25, -0.2) is 4.98 Å². The standard InChI is InChI=1S/C18H14N4O/c19-12-6-7-14-13(8-12)16(11-4-2-1-3-5-11)17(18(23)22-14)15-9-20-10-21-15/h1-10H,19H2,(H,20,21)(H,22,23). The summed E-state index contributed by atoms with van der Waals surface area (Å²) in [6.45, 7) is 0. The lowest BCUT2D eigenvalue weighted by molar-refractivity contribution is 1.28. The number of benzene rings is 2. The van der Waals surface area contributed by atoms with Crippen molar-refractivity contribution < 1.29 is 0 Å². The van der Waals surface area contributed by atoms with Gasteiger partial charge in [-0.15, -0.1) is 0 Å². The zero-order valence-corrected chi connectivity index (χ0v) is 12.2. The van der Waals surface area contributed by atoms with E-state index in [4.69, 9.17) is 5.73 Å². The first-order valence-corrected chi connectivity index (χ1v) is 7.24. The lowest BCUT2D eigenvalue weighted by Gasteiger charge is -2.12. The van der Waals surface area contributed by atoms with Gasteiger partial charge in [0, 0.05) is 22.2 Å². The van der Waals surface area contributed by atoms with Gasteiger partial charge in [0.2, 0.25) is 0 Å². The monoisotopic (exact) mass is 302 g/mol. The van der Waals surface area contributed by atoms with E-state index in [0.29, 0.717) is 16.9 Å². The van der Waals surface area contributed by atoms with Crippen LogP contribution in [-0.4, -0.2) is 15.0 Å². The van der Waals surface area contributed by atoms with Crippen molar-refractivity contribution in [3.8, 4) is 22.4 Å². The first-order chi connectivity index (χ1) is 11.2. The molecular weight excluding hydrogens is 288 g/mol. The number of rotatable bonds is 2. The number of nitrogens with zero attached hydrogens (tertiary/aromatic N) is 1. The van der Waals surface area contributed by atoms with E-state index in [1.54, 1.807) is 18.6 Å². The number of imidazole rings is 1. The lowest BCUT2D eigenvalue weighted by Crippen LogP contribution is -2.11. The zero-order valence-electron chi connectivity index (χ0n) is 12.2. The van der Waals surface area contributed by atoms with Gasteiger partial charge in [0.1, 0.15) is 0 Å². The third-order valence-corrected chi connectivity index (χ3v) is 3.87. The van der Waals surface area contributed by atoms with E-state index in [1.807, 2.05) is 42.5 Å². The largest absolute Gasteiger partial charge is 0.399 e. The van der Waals surface area contributed by atoms with Crippen LogP contribution in [0.4, 0.5) is 5.69 Å². The third kappa shape index (κ3) is 2.19. The highest BCUT2D eigenvalue weighted by atomic mass is 16.1. The second kappa shape index (κ2) is 5.14. The minimum Gasteiger partial charge on any atom is -0.399 e. The number of nitrogens with two attached hydrogens (primary N) is 1. The summed E-state index contributed by atoms with van der Waals surface area (Å²) in [6.07, 6.45) is 3.21. The summed E-state index contributed by atoms with van der Waals surface area (Å²) in [4.78, 5) is 22.7. The number of H-pyrrole nitrogens is 2. The molecule has 0 radical (unpaired) electrons. The summed E-state index contributed by atoms with van der Waals surface area (Å²) in [5.74, 6) is 0. The average Bonchev–Trinajstić information content (AvgIpc) is 3.09. The molecule has 0 aliphatic carbocycles. The number of nitrogens with one attached hydrogen (secondary N) is 2. The van der Waals surface area contributed by atoms with Crippen molar-refractivity contribution in [2.45, 2.75) is 0 Å². The number of hydrogen-bond donors (Lipinski definition) is 3. The van der Waals surface area contributed by atoms with Crippen molar-refractivity contribution in [3.05, 3.63) is 71.4 Å². The summed E-state index contributed by atoms with van der Waals surface area (Å²) in [5.41, 5.74) is 10.3. The summed E-state index contributed by atoms with van der Waals surface area (Å²) in [6, 6.07) is 15.3. The van der Waals surface area contributed by atoms with Gasteiger partial charge in [-0.05, 0) is 23.8 Å². The minimum absolute atomic E-state index is 0.162. The minimum atomic E-state index is -0.162. The van der Waals surface area contributed by atoms with Gasteiger partial charge in [0.25, 0.3) is 5.56 Å². The van der Waals surface area contributed by atoms with Crippen LogP contribution in [0.5, 0.6) is 0 Å². The van der Waals surface area contributed by atoms with Crippen LogP contribution < -0.4 is 11.3 Å². The molecule has 5 heteroatoms. The van der Waals surface area contributed by atoms with Gasteiger partial charge >= 0.3 is 0 Å². The second-order valence-corrected chi connectivity index (χ2v) is 5.34. The Morgan fingerprint density at radius 3 is 2.57 bits per heavy atom. The summed E-state index contributed by atoms with van der Waals surface area (Å²) >= 11 is 0. The number of anilines is 1. The van der Waals surface area contributed by atoms with Gasteiger partial charge in [-0.2, -0.15) is 0 Å². The van der Waals surface area contributed by atoms with Crippen LogP contribution in [0.25, 0.3) is 33.3 Å². The molecule has 0 saturated carbocycles. The van der Waals surface area contributed by atoms with Crippen molar-refractivity contribution in [2.75, 3.05) is 5.73 Å². The van der Waals surface area contributed by atoms with Crippen LogP contribution in [0.3, 0.4) is 0 Å². The maximum absolute atomic E-state index is 12.7. The van der Waals surface area contributed by atoms with Gasteiger partial charge in [-0.1, -0.05) is 30.3 Å². The normalized spacial score (nSPS) is 11.0. The Bertz CT molecular complexity index is 1030. The number of pyridine rings is 1. The van der Waals surface area contributed by atoms with Crippen molar-refractivity contribution in [1.29, 1.82) is 0 Å². The van der Waals surface area contributed by atoms with E-state index >= 15 is 0 Å². The molecule has 0 atom stereocenters. The smallest absolute Gasteiger partial charge is 0.258 e. The van der Waals surface area contributed by atoms with Crippen LogP contribution >= 0.6 is 0 Å². The first kappa shape index (κ1) is 13.3. The molecule has 0 amide bonds. The van der Waals surface area contributed by atoms with Gasteiger partial charge in [0.15, 0.2) is 0 Å². The molecule has 2 aromatic carbocycles. The van der Waals surface area contributed by atoms with Crippen LogP contribution in [0, 0.1) is 0 Å². The van der Waals surface area contributed by atoms with Crippen LogP contribution in [-0.2, 0) is 0 Å². The highest BCUT2D eigenvalue weighted by Crippen LogP contribution is 2.34. The Morgan fingerprint density at radius 1 is 1.00 bits per heavy atom. The SMILES string of the molecule is Nc1ccc2[nH]c(=O)c(-c3cnc[nH]3)c(-c3ccccc3)c2c1. The van der Waals surface area contributed by atoms with E-state index in [1.165, 1.54) is 0 Å². The maximum atomic E-state index is 12.7. The molecule has 4 aromatic rings. The van der Waals surface area contributed by atoms with Crippen molar-refractivity contribution in [3.63, 3.8) is 0 Å². The Labute approximate surface area is 131 Å². The summed E-state index contributed by atoms with van der Waals surface area (Å²) in [5, 5.41) is 0.903. The highest BCUT2D eigenvalue weighted by Gasteiger charge is 2.17. The van der Waals surface area contributed by atoms with E-state index in [2.05, 4.69) is 15.0 Å². The Morgan fingerprint density at radius 2 is 1.83 bits per heavy atom. The van der Waals surface area contributed by atoms with Crippen molar-refractivity contribution >= 4 is 16.6 Å². The van der Waals surface area contributed by atoms with E-state index in [9.17, 15) is 4.79 Å². The van der Waals surface area contributed by atoms with E-state index < -0.39 is 0 Å². The maximum Gasteiger partial charge on any atom is 0.258 e. The fourth-order valence-electron chi connectivity index (χ4n) is 2.86. The summed E-state index contributed by atoms with van der Waals surface area (Å²) < 4.78 is 0. The molecule has 112 valence electrons. The molecule has 2 aromatic heterocycles. The number of hydrogen-bond acceptors (Lipinski definition) is 3. The Balaban J connectivity index is 2.20. The Hall–Kier alpha value is -3.34. The number of fused-ring (bicyclic) bond motifs is 1. The number of aromatic nitrogens is 3. The van der Waals surface area contributed by atoms with Gasteiger partial charge in [-0.3, -0.25) is 4.79 Å². The fourth-order valence-corrected chi connectivity index (χ4v) is 2.86. The molecule has 0 unspecified atom stereocenters. The fraction of sp³-hybridized carbons (Fsp3) is 0. The van der Waals surface area contributed by atoms with Gasteiger partial charge in [0.05, 0.1) is 23.8 Å². The van der Waals surface area contributed by atoms with Crippen LogP contribution in [0.2, 0.25) is 0 Å². The third-order valence-electron chi connectivity index (χ3n) is 3.87. The van der Waals surface area contributed by atoms with Crippen molar-refractivity contribution in [2.24, 2.45) is 0 Å². The molecule has 5 nitrogen and oxygen atoms in total. The predicted molar refractivity (Wildman–Crippen MR) is 92.0 cm³/mol. The van der Waals surface area contributed by atoms with Crippen LogP contribution in [0.15, 0.2) is 65.8 Å². The molecule has 0 aliphatic rings. The average molecular weight is 302 g/mol. The molecule has 0 aliphatic heterocycles. The van der Waals surface area contributed by atoms with E-state index in [0.717, 1.165) is 22.0 Å². The lowest BCUT2D eigenvalue weighted by atomic mass is 9.94. The molecule has 4 rings (SSSR count). The topological polar surface area (TPSA) is 87.6 Å². The molecule has 4 N–H and O–H groups in total. The molecule has 0 bridgehead atoms. The molecule has 23 heavy (non-hydrogen) atoms. The number of aromatic amines is 2. The summed E-state index contributed by atoms with van der Waals surface area (Å²) in [7, 11) is 0. The molecular formula is C18H14N4O. The Kier molecular flexibility index (Phi) is 2.98.